The van der Waals surface area contributed by atoms with Gasteiger partial charge in [-0.05, 0) is 22.6 Å². The maximum Gasteiger partial charge on any atom is 0.181 e. The molecule has 0 bridgehead atoms. The first kappa shape index (κ1) is 13.4. The first-order chi connectivity index (χ1) is 9.79. The molecule has 2 heterocycles. The Kier molecular flexibility index (Phi) is 3.93. The highest BCUT2D eigenvalue weighted by molar-refractivity contribution is 14.1. The Morgan fingerprint density at radius 2 is 1.95 bits per heavy atom. The van der Waals surface area contributed by atoms with Crippen molar-refractivity contribution in [3.8, 4) is 22.8 Å². The summed E-state index contributed by atoms with van der Waals surface area (Å²) >= 11 is 3.81. The molecule has 0 saturated carbocycles. The van der Waals surface area contributed by atoms with Crippen LogP contribution in [0.4, 0.5) is 5.82 Å². The predicted octanol–water partition coefficient (Wildman–Crippen LogP) is 3.91. The summed E-state index contributed by atoms with van der Waals surface area (Å²) in [6.45, 7) is 0. The van der Waals surface area contributed by atoms with Gasteiger partial charge in [-0.25, -0.2) is 15.0 Å². The molecule has 0 aliphatic heterocycles. The van der Waals surface area contributed by atoms with E-state index in [0.717, 1.165) is 26.3 Å². The third-order valence-electron chi connectivity index (χ3n) is 2.80. The van der Waals surface area contributed by atoms with Crippen molar-refractivity contribution in [1.29, 1.82) is 0 Å². The highest BCUT2D eigenvalue weighted by Gasteiger charge is 2.14. The van der Waals surface area contributed by atoms with Crippen LogP contribution in [0.3, 0.4) is 0 Å². The quantitative estimate of drug-likeness (QED) is 0.685. The summed E-state index contributed by atoms with van der Waals surface area (Å²) in [4.78, 5) is 13.5. The van der Waals surface area contributed by atoms with Crippen LogP contribution >= 0.6 is 33.9 Å². The zero-order valence-electron chi connectivity index (χ0n) is 10.7. The normalized spacial score (nSPS) is 10.5. The molecule has 4 nitrogen and oxygen atoms in total. The Morgan fingerprint density at radius 3 is 2.60 bits per heavy atom. The Labute approximate surface area is 134 Å². The molecular formula is C14H11IN4S. The van der Waals surface area contributed by atoms with E-state index in [4.69, 9.17) is 0 Å². The highest BCUT2D eigenvalue weighted by atomic mass is 127. The van der Waals surface area contributed by atoms with Crippen LogP contribution in [0.25, 0.3) is 22.8 Å². The zero-order valence-corrected chi connectivity index (χ0v) is 13.6. The van der Waals surface area contributed by atoms with Gasteiger partial charge in [-0.1, -0.05) is 30.3 Å². The van der Waals surface area contributed by atoms with Gasteiger partial charge < -0.3 is 5.32 Å². The number of nitrogens with one attached hydrogen (secondary N) is 1. The van der Waals surface area contributed by atoms with Gasteiger partial charge >= 0.3 is 0 Å². The largest absolute Gasteiger partial charge is 0.372 e. The van der Waals surface area contributed by atoms with Crippen molar-refractivity contribution in [1.82, 2.24) is 15.0 Å². The van der Waals surface area contributed by atoms with Gasteiger partial charge in [0, 0.05) is 18.0 Å². The molecule has 0 aliphatic rings. The summed E-state index contributed by atoms with van der Waals surface area (Å²) in [5, 5.41) is 5.08. The second-order valence-electron chi connectivity index (χ2n) is 4.05. The molecule has 0 atom stereocenters. The van der Waals surface area contributed by atoms with Crippen LogP contribution in [-0.2, 0) is 0 Å². The monoisotopic (exact) mass is 394 g/mol. The Balaban J connectivity index is 2.21. The molecule has 1 aromatic carbocycles. The number of hydrogen-bond acceptors (Lipinski definition) is 5. The van der Waals surface area contributed by atoms with Crippen molar-refractivity contribution in [3.05, 3.63) is 44.8 Å². The number of rotatable bonds is 3. The Hall–Kier alpha value is -1.54. The summed E-state index contributed by atoms with van der Waals surface area (Å²) < 4.78 is 1.01. The molecule has 1 N–H and O–H groups in total. The van der Waals surface area contributed by atoms with Gasteiger partial charge in [-0.3, -0.25) is 0 Å². The fourth-order valence-corrected chi connectivity index (χ4v) is 3.19. The lowest BCUT2D eigenvalue weighted by atomic mass is 10.1. The third-order valence-corrected chi connectivity index (χ3v) is 4.40. The van der Waals surface area contributed by atoms with Crippen LogP contribution in [0.15, 0.2) is 41.2 Å². The van der Waals surface area contributed by atoms with Gasteiger partial charge in [-0.2, -0.15) is 0 Å². The number of anilines is 1. The molecule has 0 unspecified atom stereocenters. The lowest BCUT2D eigenvalue weighted by molar-refractivity contribution is 1.14. The number of benzene rings is 1. The van der Waals surface area contributed by atoms with Crippen LogP contribution in [0, 0.1) is 3.57 Å². The smallest absolute Gasteiger partial charge is 0.181 e. The highest BCUT2D eigenvalue weighted by Crippen LogP contribution is 2.30. The number of thiazole rings is 1. The van der Waals surface area contributed by atoms with E-state index in [0.29, 0.717) is 5.82 Å². The first-order valence-electron chi connectivity index (χ1n) is 5.99. The predicted molar refractivity (Wildman–Crippen MR) is 90.8 cm³/mol. The van der Waals surface area contributed by atoms with Crippen molar-refractivity contribution in [3.63, 3.8) is 0 Å². The van der Waals surface area contributed by atoms with E-state index in [2.05, 4.69) is 55.0 Å². The average molecular weight is 394 g/mol. The molecule has 3 rings (SSSR count). The van der Waals surface area contributed by atoms with Gasteiger partial charge in [0.2, 0.25) is 0 Å². The maximum absolute atomic E-state index is 4.68. The van der Waals surface area contributed by atoms with Crippen LogP contribution in [-0.4, -0.2) is 22.0 Å². The zero-order chi connectivity index (χ0) is 13.9. The second-order valence-corrected chi connectivity index (χ2v) is 5.85. The van der Waals surface area contributed by atoms with Gasteiger partial charge in [0.15, 0.2) is 5.82 Å². The molecule has 20 heavy (non-hydrogen) atoms. The number of halogens is 1. The summed E-state index contributed by atoms with van der Waals surface area (Å²) in [5.74, 6) is 1.47. The summed E-state index contributed by atoms with van der Waals surface area (Å²) in [5.41, 5.74) is 4.60. The fourth-order valence-electron chi connectivity index (χ4n) is 1.84. The molecule has 3 aromatic rings. The van der Waals surface area contributed by atoms with Crippen LogP contribution in [0.1, 0.15) is 0 Å². The van der Waals surface area contributed by atoms with E-state index >= 15 is 0 Å². The topological polar surface area (TPSA) is 50.7 Å². The molecule has 2 aromatic heterocycles. The fraction of sp³-hybridized carbons (Fsp3) is 0.0714. The van der Waals surface area contributed by atoms with E-state index in [1.54, 1.807) is 16.8 Å². The van der Waals surface area contributed by atoms with Crippen molar-refractivity contribution in [2.45, 2.75) is 0 Å². The molecule has 0 amide bonds. The minimum Gasteiger partial charge on any atom is -0.372 e. The van der Waals surface area contributed by atoms with E-state index in [1.807, 2.05) is 30.6 Å². The number of nitrogens with zero attached hydrogens (tertiary/aromatic N) is 3. The summed E-state index contributed by atoms with van der Waals surface area (Å²) in [6, 6.07) is 10.1. The lowest BCUT2D eigenvalue weighted by Crippen LogP contribution is -2.03. The van der Waals surface area contributed by atoms with Crippen LogP contribution in [0.5, 0.6) is 0 Å². The number of hydrogen-bond donors (Lipinski definition) is 1. The lowest BCUT2D eigenvalue weighted by Gasteiger charge is -2.10. The average Bonchev–Trinajstić information content (AvgIpc) is 3.03. The Morgan fingerprint density at radius 1 is 1.15 bits per heavy atom. The van der Waals surface area contributed by atoms with Gasteiger partial charge in [0.25, 0.3) is 0 Å². The molecular weight excluding hydrogens is 383 g/mol. The Bertz CT molecular complexity index is 714. The van der Waals surface area contributed by atoms with Crippen molar-refractivity contribution in [2.75, 3.05) is 12.4 Å². The minimum atomic E-state index is 0.648. The van der Waals surface area contributed by atoms with E-state index in [9.17, 15) is 0 Å². The molecule has 0 aliphatic carbocycles. The van der Waals surface area contributed by atoms with E-state index in [-0.39, 0.29) is 0 Å². The van der Waals surface area contributed by atoms with Gasteiger partial charge in [0.05, 0.1) is 14.8 Å². The van der Waals surface area contributed by atoms with Crippen molar-refractivity contribution >= 4 is 39.7 Å². The molecule has 0 radical (unpaired) electrons. The third kappa shape index (κ3) is 2.53. The van der Waals surface area contributed by atoms with Crippen LogP contribution in [0.2, 0.25) is 0 Å². The van der Waals surface area contributed by atoms with Gasteiger partial charge in [0.1, 0.15) is 11.5 Å². The molecule has 0 spiro atoms. The first-order valence-corrected chi connectivity index (χ1v) is 8.01. The summed E-state index contributed by atoms with van der Waals surface area (Å²) in [6.07, 6.45) is 0. The van der Waals surface area contributed by atoms with E-state index in [1.165, 1.54) is 0 Å². The van der Waals surface area contributed by atoms with Crippen molar-refractivity contribution in [2.24, 2.45) is 0 Å². The van der Waals surface area contributed by atoms with Crippen molar-refractivity contribution < 1.29 is 0 Å². The standard InChI is InChI=1S/C14H11IN4S/c1-16-14-11(15)12(9-5-3-2-4-6-9)18-13(19-14)10-7-20-8-17-10/h2-8H,1H3,(H,16,18,19). The van der Waals surface area contributed by atoms with Gasteiger partial charge in [-0.15, -0.1) is 11.3 Å². The van der Waals surface area contributed by atoms with E-state index < -0.39 is 0 Å². The number of aromatic nitrogens is 3. The maximum atomic E-state index is 4.68. The molecule has 100 valence electrons. The molecule has 6 heteroatoms. The SMILES string of the molecule is CNc1nc(-c2cscn2)nc(-c2ccccc2)c1I. The van der Waals surface area contributed by atoms with Crippen LogP contribution < -0.4 is 5.32 Å². The second kappa shape index (κ2) is 5.84. The molecule has 0 saturated heterocycles. The summed E-state index contributed by atoms with van der Waals surface area (Å²) in [7, 11) is 1.87. The minimum absolute atomic E-state index is 0.648. The molecule has 0 fully saturated rings.